The lowest BCUT2D eigenvalue weighted by Gasteiger charge is -2.09. The lowest BCUT2D eigenvalue weighted by molar-refractivity contribution is 0.102. The number of fused-ring (bicyclic) bond motifs is 1. The quantitative estimate of drug-likeness (QED) is 0.365. The fourth-order valence-electron chi connectivity index (χ4n) is 3.19. The minimum Gasteiger partial charge on any atom is -0.454 e. The van der Waals surface area contributed by atoms with Crippen molar-refractivity contribution in [1.82, 2.24) is 9.97 Å². The first kappa shape index (κ1) is 19.3. The molecule has 0 atom stereocenters. The summed E-state index contributed by atoms with van der Waals surface area (Å²) in [6, 6.07) is 14.8. The molecule has 2 heterocycles. The molecule has 0 bridgehead atoms. The van der Waals surface area contributed by atoms with E-state index in [1.165, 1.54) is 11.8 Å². The number of carbonyl (C=O) groups excluding carboxylic acids is 1. The summed E-state index contributed by atoms with van der Waals surface area (Å²) in [6.07, 6.45) is 1.08. The topological polar surface area (TPSA) is 81.3 Å². The number of H-pyrrole nitrogens is 1. The Morgan fingerprint density at radius 1 is 1.14 bits per heavy atom. The van der Waals surface area contributed by atoms with Crippen LogP contribution in [0.3, 0.4) is 0 Å². The van der Waals surface area contributed by atoms with Gasteiger partial charge in [-0.25, -0.2) is 4.98 Å². The molecule has 1 aromatic heterocycles. The van der Waals surface area contributed by atoms with Gasteiger partial charge in [-0.1, -0.05) is 55.1 Å². The van der Waals surface area contributed by atoms with Gasteiger partial charge in [0.05, 0.1) is 11.4 Å². The molecule has 7 heteroatoms. The minimum atomic E-state index is -0.159. The van der Waals surface area contributed by atoms with E-state index >= 15 is 0 Å². The highest BCUT2D eigenvalue weighted by molar-refractivity contribution is 7.99. The van der Waals surface area contributed by atoms with Crippen LogP contribution in [-0.2, 0) is 12.8 Å². The average Bonchev–Trinajstić information content (AvgIpc) is 3.20. The van der Waals surface area contributed by atoms with E-state index in [1.54, 1.807) is 12.1 Å². The summed E-state index contributed by atoms with van der Waals surface area (Å²) in [5, 5.41) is 0.451. The van der Waals surface area contributed by atoms with E-state index in [1.807, 2.05) is 43.3 Å². The van der Waals surface area contributed by atoms with E-state index in [0.29, 0.717) is 40.6 Å². The van der Waals surface area contributed by atoms with Gasteiger partial charge in [0.15, 0.2) is 22.4 Å². The summed E-state index contributed by atoms with van der Waals surface area (Å²) in [6.45, 7) is 2.15. The second-order valence-electron chi connectivity index (χ2n) is 6.59. The van der Waals surface area contributed by atoms with Crippen molar-refractivity contribution in [2.24, 2.45) is 0 Å². The Morgan fingerprint density at radius 3 is 2.72 bits per heavy atom. The lowest BCUT2D eigenvalue weighted by Crippen LogP contribution is -2.19. The summed E-state index contributed by atoms with van der Waals surface area (Å²) < 4.78 is 10.8. The average molecular weight is 408 g/mol. The minimum absolute atomic E-state index is 0.00450. The molecule has 2 aromatic carbocycles. The van der Waals surface area contributed by atoms with Gasteiger partial charge in [0.25, 0.3) is 5.56 Å². The molecule has 0 fully saturated rings. The molecule has 1 N–H and O–H groups in total. The summed E-state index contributed by atoms with van der Waals surface area (Å²) >= 11 is 1.24. The van der Waals surface area contributed by atoms with Crippen molar-refractivity contribution >= 4 is 17.5 Å². The number of rotatable bonds is 7. The van der Waals surface area contributed by atoms with Crippen LogP contribution in [0.25, 0.3) is 0 Å². The Bertz CT molecular complexity index is 1100. The highest BCUT2D eigenvalue weighted by Crippen LogP contribution is 2.33. The van der Waals surface area contributed by atoms with E-state index < -0.39 is 0 Å². The molecule has 148 valence electrons. The number of carbonyl (C=O) groups is 1. The first-order valence-electron chi connectivity index (χ1n) is 9.35. The predicted octanol–water partition coefficient (Wildman–Crippen LogP) is 3.63. The summed E-state index contributed by atoms with van der Waals surface area (Å²) in [5.41, 5.74) is 2.84. The maximum atomic E-state index is 12.5. The number of Topliss-reactive ketones (excluding diaryl/α,β-unsaturated/α-hetero) is 1. The van der Waals surface area contributed by atoms with Gasteiger partial charge >= 0.3 is 0 Å². The molecule has 0 radical (unpaired) electrons. The van der Waals surface area contributed by atoms with Crippen LogP contribution in [0.2, 0.25) is 0 Å². The molecule has 0 saturated carbocycles. The first-order valence-corrected chi connectivity index (χ1v) is 10.3. The third-order valence-electron chi connectivity index (χ3n) is 4.68. The fourth-order valence-corrected chi connectivity index (χ4v) is 3.96. The van der Waals surface area contributed by atoms with Gasteiger partial charge in [-0.2, -0.15) is 0 Å². The Hall–Kier alpha value is -3.06. The smallest absolute Gasteiger partial charge is 0.254 e. The summed E-state index contributed by atoms with van der Waals surface area (Å²) in [4.78, 5) is 32.3. The molecule has 0 amide bonds. The molecular formula is C22H20N2O4S. The van der Waals surface area contributed by atoms with E-state index in [0.717, 1.165) is 11.3 Å². The van der Waals surface area contributed by atoms with Crippen molar-refractivity contribution in [1.29, 1.82) is 0 Å². The van der Waals surface area contributed by atoms with E-state index in [2.05, 4.69) is 9.97 Å². The third-order valence-corrected chi connectivity index (χ3v) is 5.55. The van der Waals surface area contributed by atoms with Gasteiger partial charge in [-0.05, 0) is 24.1 Å². The maximum absolute atomic E-state index is 12.5. The number of aromatic nitrogens is 2. The molecule has 29 heavy (non-hydrogen) atoms. The van der Waals surface area contributed by atoms with Gasteiger partial charge in [-0.3, -0.25) is 9.59 Å². The second-order valence-corrected chi connectivity index (χ2v) is 7.56. The Labute approximate surface area is 172 Å². The highest BCUT2D eigenvalue weighted by Gasteiger charge is 2.16. The Morgan fingerprint density at radius 2 is 1.93 bits per heavy atom. The first-order chi connectivity index (χ1) is 14.1. The SMILES string of the molecule is CCc1c(Cc2ccc3c(c2)OCO3)nc(SCC(=O)c2ccccc2)[nH]c1=O. The molecule has 1 aliphatic rings. The van der Waals surface area contributed by atoms with Crippen LogP contribution in [0.1, 0.15) is 34.1 Å². The molecule has 0 unspecified atom stereocenters. The monoisotopic (exact) mass is 408 g/mol. The highest BCUT2D eigenvalue weighted by atomic mass is 32.2. The van der Waals surface area contributed by atoms with Crippen LogP contribution < -0.4 is 15.0 Å². The molecular weight excluding hydrogens is 388 g/mol. The van der Waals surface area contributed by atoms with E-state index in [9.17, 15) is 9.59 Å². The van der Waals surface area contributed by atoms with Crippen LogP contribution in [0.15, 0.2) is 58.5 Å². The van der Waals surface area contributed by atoms with Gasteiger partial charge in [-0.15, -0.1) is 0 Å². The Kier molecular flexibility index (Phi) is 5.67. The largest absolute Gasteiger partial charge is 0.454 e. The molecule has 0 aliphatic carbocycles. The van der Waals surface area contributed by atoms with Crippen LogP contribution in [0.5, 0.6) is 11.5 Å². The normalized spacial score (nSPS) is 12.2. The van der Waals surface area contributed by atoms with Crippen LogP contribution in [0.4, 0.5) is 0 Å². The molecule has 0 saturated heterocycles. The van der Waals surface area contributed by atoms with Gasteiger partial charge in [0.1, 0.15) is 0 Å². The number of nitrogens with one attached hydrogen (secondary N) is 1. The second kappa shape index (κ2) is 8.53. The third kappa shape index (κ3) is 4.35. The van der Waals surface area contributed by atoms with E-state index in [4.69, 9.17) is 9.47 Å². The summed E-state index contributed by atoms with van der Waals surface area (Å²) in [7, 11) is 0. The van der Waals surface area contributed by atoms with Crippen LogP contribution in [-0.4, -0.2) is 28.3 Å². The zero-order valence-corrected chi connectivity index (χ0v) is 16.8. The molecule has 0 spiro atoms. The standard InChI is InChI=1S/C22H20N2O4S/c1-2-16-17(10-14-8-9-19-20(11-14)28-13-27-19)23-22(24-21(16)26)29-12-18(25)15-6-4-3-5-7-15/h3-9,11H,2,10,12-13H2,1H3,(H,23,24,26). The summed E-state index contributed by atoms with van der Waals surface area (Å²) in [5.74, 6) is 1.63. The number of ketones is 1. The number of hydrogen-bond donors (Lipinski definition) is 1. The van der Waals surface area contributed by atoms with Crippen molar-refractivity contribution in [3.8, 4) is 11.5 Å². The number of aromatic amines is 1. The van der Waals surface area contributed by atoms with Gasteiger partial charge in [0.2, 0.25) is 6.79 Å². The number of thioether (sulfide) groups is 1. The van der Waals surface area contributed by atoms with Gasteiger partial charge < -0.3 is 14.5 Å². The van der Waals surface area contributed by atoms with Crippen molar-refractivity contribution in [3.63, 3.8) is 0 Å². The van der Waals surface area contributed by atoms with Crippen LogP contribution in [0, 0.1) is 0 Å². The number of benzene rings is 2. The molecule has 4 rings (SSSR count). The number of ether oxygens (including phenoxy) is 2. The number of hydrogen-bond acceptors (Lipinski definition) is 6. The zero-order chi connectivity index (χ0) is 20.2. The van der Waals surface area contributed by atoms with Crippen molar-refractivity contribution in [2.75, 3.05) is 12.5 Å². The van der Waals surface area contributed by atoms with Crippen molar-refractivity contribution in [2.45, 2.75) is 24.9 Å². The van der Waals surface area contributed by atoms with Crippen molar-refractivity contribution in [3.05, 3.63) is 81.3 Å². The van der Waals surface area contributed by atoms with Crippen LogP contribution >= 0.6 is 11.8 Å². The Balaban J connectivity index is 1.55. The fraction of sp³-hybridized carbons (Fsp3) is 0.227. The molecule has 6 nitrogen and oxygen atoms in total. The molecule has 3 aromatic rings. The molecule has 1 aliphatic heterocycles. The van der Waals surface area contributed by atoms with Crippen molar-refractivity contribution < 1.29 is 14.3 Å². The van der Waals surface area contributed by atoms with E-state index in [-0.39, 0.29) is 23.9 Å². The lowest BCUT2D eigenvalue weighted by atomic mass is 10.0. The maximum Gasteiger partial charge on any atom is 0.254 e. The van der Waals surface area contributed by atoms with Gasteiger partial charge in [0, 0.05) is 17.5 Å². The number of nitrogens with zero attached hydrogens (tertiary/aromatic N) is 1. The predicted molar refractivity (Wildman–Crippen MR) is 111 cm³/mol. The zero-order valence-electron chi connectivity index (χ0n) is 15.9.